The Bertz CT molecular complexity index is 3370. The number of hydrogen-bond donors (Lipinski definition) is 1. The second-order valence-electron chi connectivity index (χ2n) is 19.3. The summed E-state index contributed by atoms with van der Waals surface area (Å²) in [6, 6.07) is 70.3. The number of rotatable bonds is 8. The lowest BCUT2D eigenvalue weighted by atomic mass is 9.83. The van der Waals surface area contributed by atoms with Gasteiger partial charge in [0, 0.05) is 28.5 Å². The summed E-state index contributed by atoms with van der Waals surface area (Å²) >= 11 is 0. The van der Waals surface area contributed by atoms with Gasteiger partial charge in [0.15, 0.2) is 0 Å². The Balaban J connectivity index is 1.20. The van der Waals surface area contributed by atoms with E-state index in [1.54, 1.807) is 0 Å². The van der Waals surface area contributed by atoms with Crippen molar-refractivity contribution in [3.05, 3.63) is 218 Å². The maximum absolute atomic E-state index is 12.3. The lowest BCUT2D eigenvalue weighted by Crippen LogP contribution is -2.12. The monoisotopic (exact) mass is 855 g/mol. The largest absolute Gasteiger partial charge is 0.507 e. The molecule has 0 aliphatic heterocycles. The highest BCUT2D eigenvalue weighted by molar-refractivity contribution is 5.98. The Labute approximate surface area is 388 Å². The molecule has 0 unspecified atom stereocenters. The first-order chi connectivity index (χ1) is 31.9. The standard InChI is InChI=1S/C62H53N3O/c1-61(2,3)49-31-32-56(54(40-49)43-23-14-9-15-24-43)65-57-30-18-27-51(58(57)64-60(65)53-29-17-28-52(59(53)66)42-21-12-8-13-22-42)47-36-48(38-50(37-47)62(4,5)6)55-39-46(33-34-63-55)45-26-16-25-44(35-45)41-19-10-7-11-20-41/h7-40,66H,1-6H3. The number of pyridine rings is 1. The normalized spacial score (nSPS) is 11.8. The number of para-hydroxylation sites is 2. The van der Waals surface area contributed by atoms with Gasteiger partial charge in [-0.25, -0.2) is 4.98 Å². The van der Waals surface area contributed by atoms with Gasteiger partial charge in [-0.1, -0.05) is 187 Å². The van der Waals surface area contributed by atoms with Crippen molar-refractivity contribution >= 4 is 11.0 Å². The van der Waals surface area contributed by atoms with E-state index in [9.17, 15) is 5.11 Å². The number of phenolic OH excluding ortho intramolecular Hbond substituents is 1. The number of benzene rings is 8. The fraction of sp³-hybridized carbons (Fsp3) is 0.129. The molecular formula is C62H53N3O. The third kappa shape index (κ3) is 8.12. The van der Waals surface area contributed by atoms with Crippen LogP contribution in [0.25, 0.3) is 95.0 Å². The van der Waals surface area contributed by atoms with E-state index >= 15 is 0 Å². The van der Waals surface area contributed by atoms with Crippen molar-refractivity contribution < 1.29 is 5.11 Å². The maximum atomic E-state index is 12.3. The average Bonchev–Trinajstić information content (AvgIpc) is 3.73. The minimum Gasteiger partial charge on any atom is -0.507 e. The molecule has 0 radical (unpaired) electrons. The molecule has 0 atom stereocenters. The summed E-state index contributed by atoms with van der Waals surface area (Å²) in [4.78, 5) is 10.6. The van der Waals surface area contributed by atoms with Crippen molar-refractivity contribution in [2.45, 2.75) is 52.4 Å². The van der Waals surface area contributed by atoms with E-state index in [2.05, 4.69) is 198 Å². The number of hydrogen-bond acceptors (Lipinski definition) is 3. The van der Waals surface area contributed by atoms with Crippen LogP contribution in [-0.2, 0) is 10.8 Å². The van der Waals surface area contributed by atoms with Gasteiger partial charge in [0.1, 0.15) is 11.6 Å². The van der Waals surface area contributed by atoms with Crippen LogP contribution in [0.3, 0.4) is 0 Å². The highest BCUT2D eigenvalue weighted by Gasteiger charge is 2.26. The predicted octanol–water partition coefficient (Wildman–Crippen LogP) is 16.4. The van der Waals surface area contributed by atoms with Gasteiger partial charge in [-0.2, -0.15) is 0 Å². The molecular weight excluding hydrogens is 803 g/mol. The van der Waals surface area contributed by atoms with Crippen molar-refractivity contribution in [1.82, 2.24) is 14.5 Å². The molecule has 0 fully saturated rings. The van der Waals surface area contributed by atoms with Crippen LogP contribution in [0.4, 0.5) is 0 Å². The molecule has 322 valence electrons. The number of aromatic hydroxyl groups is 1. The molecule has 4 nitrogen and oxygen atoms in total. The molecule has 0 saturated carbocycles. The highest BCUT2D eigenvalue weighted by atomic mass is 16.3. The van der Waals surface area contributed by atoms with E-state index < -0.39 is 0 Å². The van der Waals surface area contributed by atoms with Crippen LogP contribution in [0, 0.1) is 0 Å². The third-order valence-electron chi connectivity index (χ3n) is 12.7. The van der Waals surface area contributed by atoms with E-state index in [0.717, 1.165) is 72.5 Å². The Morgan fingerprint density at radius 3 is 1.61 bits per heavy atom. The van der Waals surface area contributed by atoms with Crippen LogP contribution in [0.1, 0.15) is 52.7 Å². The van der Waals surface area contributed by atoms with Crippen LogP contribution in [0.2, 0.25) is 0 Å². The first kappa shape index (κ1) is 42.1. The number of nitrogens with zero attached hydrogens (tertiary/aromatic N) is 3. The molecule has 0 spiro atoms. The van der Waals surface area contributed by atoms with Crippen LogP contribution in [0.15, 0.2) is 206 Å². The van der Waals surface area contributed by atoms with E-state index in [1.165, 1.54) is 22.3 Å². The molecule has 1 N–H and O–H groups in total. The summed E-state index contributed by atoms with van der Waals surface area (Å²) in [5, 5.41) is 12.3. The Morgan fingerprint density at radius 1 is 0.394 bits per heavy atom. The highest BCUT2D eigenvalue weighted by Crippen LogP contribution is 2.44. The number of imidazole rings is 1. The summed E-state index contributed by atoms with van der Waals surface area (Å²) in [6.07, 6.45) is 1.92. The van der Waals surface area contributed by atoms with Gasteiger partial charge in [-0.3, -0.25) is 9.55 Å². The van der Waals surface area contributed by atoms with Crippen LogP contribution in [0.5, 0.6) is 5.75 Å². The lowest BCUT2D eigenvalue weighted by Gasteiger charge is -2.23. The number of phenols is 1. The zero-order valence-electron chi connectivity index (χ0n) is 38.4. The van der Waals surface area contributed by atoms with E-state index in [1.807, 2.05) is 54.7 Å². The van der Waals surface area contributed by atoms with Gasteiger partial charge in [-0.15, -0.1) is 0 Å². The molecule has 0 saturated heterocycles. The van der Waals surface area contributed by atoms with Gasteiger partial charge in [0.25, 0.3) is 0 Å². The predicted molar refractivity (Wildman–Crippen MR) is 276 cm³/mol. The molecule has 66 heavy (non-hydrogen) atoms. The third-order valence-corrected chi connectivity index (χ3v) is 12.7. The lowest BCUT2D eigenvalue weighted by molar-refractivity contribution is 0.479. The number of fused-ring (bicyclic) bond motifs is 1. The second kappa shape index (κ2) is 17.0. The topological polar surface area (TPSA) is 50.9 Å². The molecule has 10 aromatic rings. The minimum absolute atomic E-state index is 0.0757. The van der Waals surface area contributed by atoms with E-state index in [4.69, 9.17) is 9.97 Å². The fourth-order valence-electron chi connectivity index (χ4n) is 9.02. The van der Waals surface area contributed by atoms with Gasteiger partial charge in [-0.05, 0) is 115 Å². The molecule has 0 amide bonds. The summed E-state index contributed by atoms with van der Waals surface area (Å²) in [5.41, 5.74) is 18.1. The van der Waals surface area contributed by atoms with Crippen LogP contribution >= 0.6 is 0 Å². The van der Waals surface area contributed by atoms with Gasteiger partial charge < -0.3 is 5.11 Å². The van der Waals surface area contributed by atoms with Crippen LogP contribution in [-0.4, -0.2) is 19.6 Å². The Kier molecular flexibility index (Phi) is 10.8. The van der Waals surface area contributed by atoms with Gasteiger partial charge >= 0.3 is 0 Å². The smallest absolute Gasteiger partial charge is 0.149 e. The number of aromatic nitrogens is 3. The van der Waals surface area contributed by atoms with Crippen molar-refractivity contribution in [3.8, 4) is 89.7 Å². The molecule has 8 aromatic carbocycles. The molecule has 2 aromatic heterocycles. The second-order valence-corrected chi connectivity index (χ2v) is 19.3. The Hall–Kier alpha value is -7.82. The molecule has 0 bridgehead atoms. The first-order valence-electron chi connectivity index (χ1n) is 22.8. The van der Waals surface area contributed by atoms with Gasteiger partial charge in [0.05, 0.1) is 28.0 Å². The minimum atomic E-state index is -0.159. The molecule has 10 rings (SSSR count). The van der Waals surface area contributed by atoms with Crippen molar-refractivity contribution in [3.63, 3.8) is 0 Å². The Morgan fingerprint density at radius 2 is 0.924 bits per heavy atom. The molecule has 2 heterocycles. The van der Waals surface area contributed by atoms with Crippen LogP contribution < -0.4 is 0 Å². The summed E-state index contributed by atoms with van der Waals surface area (Å²) in [5.74, 6) is 0.847. The van der Waals surface area contributed by atoms with E-state index in [0.29, 0.717) is 11.4 Å². The van der Waals surface area contributed by atoms with Gasteiger partial charge in [0.2, 0.25) is 0 Å². The maximum Gasteiger partial charge on any atom is 0.149 e. The molecule has 0 aliphatic carbocycles. The first-order valence-corrected chi connectivity index (χ1v) is 22.8. The zero-order chi connectivity index (χ0) is 45.6. The van der Waals surface area contributed by atoms with Crippen molar-refractivity contribution in [1.29, 1.82) is 0 Å². The van der Waals surface area contributed by atoms with E-state index in [-0.39, 0.29) is 16.6 Å². The molecule has 4 heteroatoms. The quantitative estimate of drug-likeness (QED) is 0.166. The average molecular weight is 856 g/mol. The fourth-order valence-corrected chi connectivity index (χ4v) is 9.02. The summed E-state index contributed by atoms with van der Waals surface area (Å²) in [7, 11) is 0. The van der Waals surface area contributed by atoms with Crippen molar-refractivity contribution in [2.75, 3.05) is 0 Å². The summed E-state index contributed by atoms with van der Waals surface area (Å²) < 4.78 is 2.25. The van der Waals surface area contributed by atoms with Crippen molar-refractivity contribution in [2.24, 2.45) is 0 Å². The molecule has 0 aliphatic rings. The summed E-state index contributed by atoms with van der Waals surface area (Å²) in [6.45, 7) is 13.5. The zero-order valence-corrected chi connectivity index (χ0v) is 38.4. The SMILES string of the molecule is CC(C)(C)c1cc(-c2cc(-c3cccc(-c4ccccc4)c3)ccn2)cc(-c2cccc3c2nc(-c2cccc(-c4ccccc4)c2O)n3-c2ccc(C(C)(C)C)cc2-c2ccccc2)c1.